The Balaban J connectivity index is 1.89. The van der Waals surface area contributed by atoms with Crippen molar-refractivity contribution in [1.82, 2.24) is 14.9 Å². The largest absolute Gasteiger partial charge is 0.362 e. The van der Waals surface area contributed by atoms with Crippen molar-refractivity contribution in [3.8, 4) is 11.4 Å². The van der Waals surface area contributed by atoms with Crippen LogP contribution in [0.2, 0.25) is 0 Å². The fraction of sp³-hybridized carbons (Fsp3) is 0.522. The predicted molar refractivity (Wildman–Crippen MR) is 114 cm³/mol. The Morgan fingerprint density at radius 3 is 2.57 bits per heavy atom. The lowest BCUT2D eigenvalue weighted by molar-refractivity contribution is -0.136. The van der Waals surface area contributed by atoms with Crippen LogP contribution in [-0.2, 0) is 17.8 Å². The van der Waals surface area contributed by atoms with Crippen LogP contribution in [0.1, 0.15) is 50.8 Å². The maximum Gasteiger partial charge on any atom is 0.225 e. The molecular formula is C23H32N4O. The van der Waals surface area contributed by atoms with E-state index in [-0.39, 0.29) is 5.92 Å². The minimum atomic E-state index is 0.133. The smallest absolute Gasteiger partial charge is 0.225 e. The van der Waals surface area contributed by atoms with Gasteiger partial charge in [0.15, 0.2) is 5.82 Å². The van der Waals surface area contributed by atoms with Crippen molar-refractivity contribution in [2.75, 3.05) is 25.5 Å². The van der Waals surface area contributed by atoms with Crippen LogP contribution in [-0.4, -0.2) is 41.4 Å². The summed E-state index contributed by atoms with van der Waals surface area (Å²) in [6, 6.07) is 10.1. The van der Waals surface area contributed by atoms with E-state index in [1.54, 1.807) is 0 Å². The first-order valence-corrected chi connectivity index (χ1v) is 10.5. The first-order valence-electron chi connectivity index (χ1n) is 10.5. The summed E-state index contributed by atoms with van der Waals surface area (Å²) < 4.78 is 0. The van der Waals surface area contributed by atoms with E-state index in [0.717, 1.165) is 67.1 Å². The van der Waals surface area contributed by atoms with Crippen LogP contribution in [0.5, 0.6) is 0 Å². The van der Waals surface area contributed by atoms with Gasteiger partial charge in [0, 0.05) is 44.1 Å². The van der Waals surface area contributed by atoms with Gasteiger partial charge in [-0.1, -0.05) is 57.0 Å². The second-order valence-electron chi connectivity index (χ2n) is 7.81. The van der Waals surface area contributed by atoms with Gasteiger partial charge in [-0.25, -0.2) is 9.97 Å². The maximum atomic E-state index is 13.1. The minimum Gasteiger partial charge on any atom is -0.362 e. The van der Waals surface area contributed by atoms with Gasteiger partial charge < -0.3 is 9.80 Å². The molecule has 0 unspecified atom stereocenters. The highest BCUT2D eigenvalue weighted by Crippen LogP contribution is 2.30. The van der Waals surface area contributed by atoms with E-state index in [9.17, 15) is 4.79 Å². The number of benzene rings is 1. The van der Waals surface area contributed by atoms with Crippen LogP contribution in [0.4, 0.5) is 5.82 Å². The van der Waals surface area contributed by atoms with Crippen molar-refractivity contribution in [3.05, 3.63) is 41.6 Å². The number of rotatable bonds is 7. The molecule has 1 aromatic carbocycles. The predicted octanol–water partition coefficient (Wildman–Crippen LogP) is 4.31. The van der Waals surface area contributed by atoms with Gasteiger partial charge in [-0.15, -0.1) is 0 Å². The summed E-state index contributed by atoms with van der Waals surface area (Å²) >= 11 is 0. The van der Waals surface area contributed by atoms with Gasteiger partial charge in [-0.3, -0.25) is 4.79 Å². The van der Waals surface area contributed by atoms with Crippen molar-refractivity contribution < 1.29 is 4.79 Å². The number of carbonyl (C=O) groups is 1. The number of unbranched alkanes of at least 4 members (excludes halogenated alkanes) is 1. The third kappa shape index (κ3) is 4.34. The molecule has 0 radical (unpaired) electrons. The standard InChI is InChI=1S/C23H32N4O/c1-5-7-11-17(6-2)23(28)27-15-14-20-19(16-27)22(26(3)4)25-21(24-20)18-12-9-8-10-13-18/h8-10,12-13,17H,5-7,11,14-16H2,1-4H3/t17-/m0/s1. The lowest BCUT2D eigenvalue weighted by Gasteiger charge is -2.33. The van der Waals surface area contributed by atoms with Gasteiger partial charge in [0.2, 0.25) is 5.91 Å². The van der Waals surface area contributed by atoms with Gasteiger partial charge in [0.25, 0.3) is 0 Å². The number of anilines is 1. The van der Waals surface area contributed by atoms with E-state index in [2.05, 4.69) is 13.8 Å². The minimum absolute atomic E-state index is 0.133. The number of carbonyl (C=O) groups excluding carboxylic acids is 1. The van der Waals surface area contributed by atoms with Crippen molar-refractivity contribution in [2.24, 2.45) is 5.92 Å². The van der Waals surface area contributed by atoms with Crippen LogP contribution in [0.15, 0.2) is 30.3 Å². The molecule has 0 spiro atoms. The highest BCUT2D eigenvalue weighted by atomic mass is 16.2. The Morgan fingerprint density at radius 2 is 1.93 bits per heavy atom. The third-order valence-electron chi connectivity index (χ3n) is 5.55. The van der Waals surface area contributed by atoms with Crippen molar-refractivity contribution in [1.29, 1.82) is 0 Å². The van der Waals surface area contributed by atoms with E-state index in [4.69, 9.17) is 9.97 Å². The molecule has 1 atom stereocenters. The summed E-state index contributed by atoms with van der Waals surface area (Å²) in [7, 11) is 4.02. The van der Waals surface area contributed by atoms with Crippen LogP contribution >= 0.6 is 0 Å². The molecule has 5 heteroatoms. The Hall–Kier alpha value is -2.43. The number of hydrogen-bond acceptors (Lipinski definition) is 4. The fourth-order valence-electron chi connectivity index (χ4n) is 3.88. The number of amides is 1. The number of fused-ring (bicyclic) bond motifs is 1. The molecule has 0 bridgehead atoms. The molecule has 28 heavy (non-hydrogen) atoms. The maximum absolute atomic E-state index is 13.1. The Bertz CT molecular complexity index is 804. The summed E-state index contributed by atoms with van der Waals surface area (Å²) in [4.78, 5) is 26.8. The molecule has 1 aliphatic rings. The molecule has 0 fully saturated rings. The topological polar surface area (TPSA) is 49.3 Å². The highest BCUT2D eigenvalue weighted by Gasteiger charge is 2.29. The van der Waals surface area contributed by atoms with Crippen molar-refractivity contribution in [2.45, 2.75) is 52.5 Å². The normalized spacial score (nSPS) is 14.5. The molecular weight excluding hydrogens is 348 g/mol. The van der Waals surface area contributed by atoms with E-state index in [1.807, 2.05) is 54.2 Å². The quantitative estimate of drug-likeness (QED) is 0.718. The lowest BCUT2D eigenvalue weighted by atomic mass is 9.96. The number of hydrogen-bond donors (Lipinski definition) is 0. The molecule has 2 aromatic rings. The van der Waals surface area contributed by atoms with E-state index in [0.29, 0.717) is 12.5 Å². The lowest BCUT2D eigenvalue weighted by Crippen LogP contribution is -2.40. The third-order valence-corrected chi connectivity index (χ3v) is 5.55. The first kappa shape index (κ1) is 20.3. The summed E-state index contributed by atoms with van der Waals surface area (Å²) in [5.41, 5.74) is 3.19. The van der Waals surface area contributed by atoms with Gasteiger partial charge in [-0.2, -0.15) is 0 Å². The monoisotopic (exact) mass is 380 g/mol. The van der Waals surface area contributed by atoms with E-state index >= 15 is 0 Å². The zero-order valence-corrected chi connectivity index (χ0v) is 17.6. The molecule has 3 rings (SSSR count). The van der Waals surface area contributed by atoms with Gasteiger partial charge >= 0.3 is 0 Å². The van der Waals surface area contributed by atoms with E-state index < -0.39 is 0 Å². The van der Waals surface area contributed by atoms with Crippen molar-refractivity contribution >= 4 is 11.7 Å². The molecule has 150 valence electrons. The molecule has 0 saturated heterocycles. The number of nitrogens with zero attached hydrogens (tertiary/aromatic N) is 4. The summed E-state index contributed by atoms with van der Waals surface area (Å²) in [6.45, 7) is 5.65. The number of aromatic nitrogens is 2. The molecule has 0 N–H and O–H groups in total. The van der Waals surface area contributed by atoms with Gasteiger partial charge in [0.1, 0.15) is 5.82 Å². The first-order chi connectivity index (χ1) is 13.5. The van der Waals surface area contributed by atoms with Crippen LogP contribution in [0.3, 0.4) is 0 Å². The van der Waals surface area contributed by atoms with Crippen LogP contribution in [0, 0.1) is 5.92 Å². The molecule has 1 aliphatic heterocycles. The molecule has 0 aliphatic carbocycles. The Morgan fingerprint density at radius 1 is 1.18 bits per heavy atom. The Kier molecular flexibility index (Phi) is 6.65. The average Bonchev–Trinajstić information content (AvgIpc) is 2.73. The van der Waals surface area contributed by atoms with E-state index in [1.165, 1.54) is 0 Å². The molecule has 5 nitrogen and oxygen atoms in total. The summed E-state index contributed by atoms with van der Waals surface area (Å²) in [5, 5.41) is 0. The second-order valence-corrected chi connectivity index (χ2v) is 7.81. The highest BCUT2D eigenvalue weighted by molar-refractivity contribution is 5.79. The van der Waals surface area contributed by atoms with Gasteiger partial charge in [-0.05, 0) is 12.8 Å². The fourth-order valence-corrected chi connectivity index (χ4v) is 3.88. The Labute approximate surface area is 168 Å². The van der Waals surface area contributed by atoms with Crippen molar-refractivity contribution in [3.63, 3.8) is 0 Å². The SMILES string of the molecule is CCCC[C@H](CC)C(=O)N1CCc2nc(-c3ccccc3)nc(N(C)C)c2C1. The summed E-state index contributed by atoms with van der Waals surface area (Å²) in [5.74, 6) is 2.10. The van der Waals surface area contributed by atoms with Gasteiger partial charge in [0.05, 0.1) is 12.2 Å². The second kappa shape index (κ2) is 9.18. The average molecular weight is 381 g/mol. The molecule has 0 saturated carbocycles. The molecule has 1 aromatic heterocycles. The van der Waals surface area contributed by atoms with Crippen LogP contribution < -0.4 is 4.90 Å². The molecule has 1 amide bonds. The molecule has 2 heterocycles. The summed E-state index contributed by atoms with van der Waals surface area (Å²) in [6.07, 6.45) is 4.93. The van der Waals surface area contributed by atoms with Crippen LogP contribution in [0.25, 0.3) is 11.4 Å². The zero-order chi connectivity index (χ0) is 20.1. The zero-order valence-electron chi connectivity index (χ0n) is 17.6.